The molecule has 124 valence electrons. The highest BCUT2D eigenvalue weighted by molar-refractivity contribution is 7.12. The Morgan fingerprint density at radius 3 is 2.58 bits per heavy atom. The number of aliphatic hydroxyl groups is 1. The van der Waals surface area contributed by atoms with Crippen molar-refractivity contribution in [3.05, 3.63) is 80.1 Å². The maximum absolute atomic E-state index is 10.5. The van der Waals surface area contributed by atoms with E-state index in [0.29, 0.717) is 0 Å². The maximum atomic E-state index is 10.5. The number of benzene rings is 1. The van der Waals surface area contributed by atoms with Crippen molar-refractivity contribution in [2.45, 2.75) is 19.1 Å². The van der Waals surface area contributed by atoms with Gasteiger partial charge < -0.3 is 14.8 Å². The van der Waals surface area contributed by atoms with Crippen molar-refractivity contribution in [1.82, 2.24) is 4.98 Å². The average Bonchev–Trinajstić information content (AvgIpc) is 3.25. The number of aromatic amines is 1. The Morgan fingerprint density at radius 1 is 1.12 bits per heavy atom. The summed E-state index contributed by atoms with van der Waals surface area (Å²) in [6, 6.07) is 15.2. The Morgan fingerprint density at radius 2 is 1.88 bits per heavy atom. The zero-order valence-corrected chi connectivity index (χ0v) is 14.0. The second kappa shape index (κ2) is 7.42. The molecule has 1 atom stereocenters. The standard InChI is InChI=1S/C18H18N2O3S/c1-23-15-6-2-12(3-7-15)18(21)17-9-8-16(24-17)10-13-4-5-14(20-13)11-19-22/h2-9,18,20-21H,10-11H2,1H3. The average molecular weight is 342 g/mol. The largest absolute Gasteiger partial charge is 0.497 e. The van der Waals surface area contributed by atoms with Crippen LogP contribution in [0, 0.1) is 4.91 Å². The van der Waals surface area contributed by atoms with Gasteiger partial charge in [-0.25, -0.2) is 0 Å². The molecule has 0 amide bonds. The minimum Gasteiger partial charge on any atom is -0.497 e. The molecule has 2 heterocycles. The van der Waals surface area contributed by atoms with Crippen LogP contribution in [0.25, 0.3) is 0 Å². The number of aromatic nitrogens is 1. The highest BCUT2D eigenvalue weighted by Gasteiger charge is 2.13. The maximum Gasteiger partial charge on any atom is 0.121 e. The molecule has 0 aliphatic carbocycles. The topological polar surface area (TPSA) is 74.7 Å². The Bertz CT molecular complexity index is 808. The van der Waals surface area contributed by atoms with Crippen LogP contribution in [0.15, 0.2) is 53.7 Å². The Labute approximate surface area is 143 Å². The van der Waals surface area contributed by atoms with Gasteiger partial charge in [-0.2, -0.15) is 4.91 Å². The third kappa shape index (κ3) is 3.72. The number of ether oxygens (including phenoxy) is 1. The molecule has 5 nitrogen and oxygen atoms in total. The molecule has 0 radical (unpaired) electrons. The quantitative estimate of drug-likeness (QED) is 0.637. The molecule has 3 rings (SSSR count). The second-order valence-electron chi connectivity index (χ2n) is 5.45. The summed E-state index contributed by atoms with van der Waals surface area (Å²) in [5.74, 6) is 0.769. The van der Waals surface area contributed by atoms with Crippen molar-refractivity contribution >= 4 is 11.3 Å². The van der Waals surface area contributed by atoms with E-state index in [1.54, 1.807) is 18.4 Å². The van der Waals surface area contributed by atoms with Crippen LogP contribution >= 0.6 is 11.3 Å². The van der Waals surface area contributed by atoms with Gasteiger partial charge in [0.25, 0.3) is 0 Å². The predicted octanol–water partition coefficient (Wildman–Crippen LogP) is 4.02. The molecule has 0 fully saturated rings. The lowest BCUT2D eigenvalue weighted by molar-refractivity contribution is 0.224. The highest BCUT2D eigenvalue weighted by Crippen LogP contribution is 2.30. The van der Waals surface area contributed by atoms with Gasteiger partial charge in [0.2, 0.25) is 0 Å². The van der Waals surface area contributed by atoms with Crippen molar-refractivity contribution in [1.29, 1.82) is 0 Å². The summed E-state index contributed by atoms with van der Waals surface area (Å²) >= 11 is 1.58. The molecule has 0 spiro atoms. The van der Waals surface area contributed by atoms with Gasteiger partial charge in [0.15, 0.2) is 0 Å². The summed E-state index contributed by atoms with van der Waals surface area (Å²) < 4.78 is 5.14. The van der Waals surface area contributed by atoms with E-state index in [1.807, 2.05) is 48.5 Å². The molecule has 1 unspecified atom stereocenters. The summed E-state index contributed by atoms with van der Waals surface area (Å²) in [5.41, 5.74) is 2.68. The normalized spacial score (nSPS) is 12.1. The van der Waals surface area contributed by atoms with E-state index in [4.69, 9.17) is 4.74 Å². The predicted molar refractivity (Wildman–Crippen MR) is 94.5 cm³/mol. The molecule has 0 aliphatic rings. The van der Waals surface area contributed by atoms with Gasteiger partial charge in [-0.3, -0.25) is 0 Å². The number of nitroso groups, excluding NO2 is 1. The molecule has 0 aliphatic heterocycles. The van der Waals surface area contributed by atoms with Crippen LogP contribution in [0.5, 0.6) is 5.75 Å². The molecule has 2 N–H and O–H groups in total. The Hall–Kier alpha value is -2.44. The van der Waals surface area contributed by atoms with Crippen molar-refractivity contribution in [2.75, 3.05) is 7.11 Å². The number of methoxy groups -OCH3 is 1. The number of rotatable bonds is 7. The van der Waals surface area contributed by atoms with Gasteiger partial charge in [-0.15, -0.1) is 11.3 Å². The smallest absolute Gasteiger partial charge is 0.121 e. The number of thiophene rings is 1. The van der Waals surface area contributed by atoms with Gasteiger partial charge in [0, 0.05) is 27.6 Å². The lowest BCUT2D eigenvalue weighted by Gasteiger charge is -2.09. The Balaban J connectivity index is 1.70. The van der Waals surface area contributed by atoms with Crippen LogP contribution in [-0.2, 0) is 13.0 Å². The summed E-state index contributed by atoms with van der Waals surface area (Å²) in [6.45, 7) is 0.159. The van der Waals surface area contributed by atoms with Gasteiger partial charge in [0.1, 0.15) is 18.4 Å². The van der Waals surface area contributed by atoms with E-state index in [2.05, 4.69) is 10.2 Å². The van der Waals surface area contributed by atoms with Gasteiger partial charge in [-0.1, -0.05) is 17.3 Å². The summed E-state index contributed by atoms with van der Waals surface area (Å²) in [5, 5.41) is 13.4. The third-order valence-corrected chi connectivity index (χ3v) is 4.93. The third-order valence-electron chi connectivity index (χ3n) is 3.79. The summed E-state index contributed by atoms with van der Waals surface area (Å²) in [6.07, 6.45) is 0.0897. The molecule has 0 saturated heterocycles. The first kappa shape index (κ1) is 16.4. The van der Waals surface area contributed by atoms with Gasteiger partial charge >= 0.3 is 0 Å². The van der Waals surface area contributed by atoms with E-state index in [-0.39, 0.29) is 6.54 Å². The highest BCUT2D eigenvalue weighted by atomic mass is 32.1. The minimum atomic E-state index is -0.645. The van der Waals surface area contributed by atoms with Crippen LogP contribution in [0.2, 0.25) is 0 Å². The van der Waals surface area contributed by atoms with Crippen molar-refractivity contribution in [2.24, 2.45) is 5.18 Å². The zero-order chi connectivity index (χ0) is 16.9. The summed E-state index contributed by atoms with van der Waals surface area (Å²) in [7, 11) is 1.62. The van der Waals surface area contributed by atoms with Gasteiger partial charge in [-0.05, 0) is 42.0 Å². The first-order valence-electron chi connectivity index (χ1n) is 7.56. The molecule has 6 heteroatoms. The second-order valence-corrected chi connectivity index (χ2v) is 6.65. The summed E-state index contributed by atoms with van der Waals surface area (Å²) in [4.78, 5) is 15.5. The number of hydrogen-bond acceptors (Lipinski definition) is 5. The molecule has 3 aromatic rings. The van der Waals surface area contributed by atoms with Crippen LogP contribution in [0.1, 0.15) is 32.8 Å². The lowest BCUT2D eigenvalue weighted by atomic mass is 10.1. The van der Waals surface area contributed by atoms with Crippen LogP contribution in [-0.4, -0.2) is 17.2 Å². The first-order chi connectivity index (χ1) is 11.7. The molecule has 24 heavy (non-hydrogen) atoms. The fourth-order valence-electron chi connectivity index (χ4n) is 2.53. The van der Waals surface area contributed by atoms with Gasteiger partial charge in [0.05, 0.1) is 7.11 Å². The van der Waals surface area contributed by atoms with E-state index < -0.39 is 6.10 Å². The molecule has 1 aromatic carbocycles. The van der Waals surface area contributed by atoms with Crippen molar-refractivity contribution in [3.8, 4) is 5.75 Å². The number of nitrogens with one attached hydrogen (secondary N) is 1. The molecule has 2 aromatic heterocycles. The molecule has 0 saturated carbocycles. The fraction of sp³-hybridized carbons (Fsp3) is 0.222. The van der Waals surface area contributed by atoms with Crippen LogP contribution in [0.3, 0.4) is 0 Å². The lowest BCUT2D eigenvalue weighted by Crippen LogP contribution is -1.96. The van der Waals surface area contributed by atoms with Crippen molar-refractivity contribution in [3.63, 3.8) is 0 Å². The van der Waals surface area contributed by atoms with E-state index >= 15 is 0 Å². The monoisotopic (exact) mass is 342 g/mol. The first-order valence-corrected chi connectivity index (χ1v) is 8.37. The molecule has 0 bridgehead atoms. The van der Waals surface area contributed by atoms with Crippen molar-refractivity contribution < 1.29 is 9.84 Å². The van der Waals surface area contributed by atoms with E-state index in [1.165, 1.54) is 0 Å². The number of aliphatic hydroxyl groups excluding tert-OH is 1. The number of hydrogen-bond donors (Lipinski definition) is 2. The van der Waals surface area contributed by atoms with Crippen LogP contribution < -0.4 is 4.74 Å². The fourth-order valence-corrected chi connectivity index (χ4v) is 3.58. The molecular weight excluding hydrogens is 324 g/mol. The minimum absolute atomic E-state index is 0.159. The number of nitrogens with zero attached hydrogens (tertiary/aromatic N) is 1. The van der Waals surface area contributed by atoms with Crippen LogP contribution in [0.4, 0.5) is 0 Å². The van der Waals surface area contributed by atoms with E-state index in [9.17, 15) is 10.0 Å². The Kier molecular flexibility index (Phi) is 5.08. The number of H-pyrrole nitrogens is 1. The zero-order valence-electron chi connectivity index (χ0n) is 13.2. The van der Waals surface area contributed by atoms with E-state index in [0.717, 1.165) is 38.9 Å². The molecular formula is C18H18N2O3S. The SMILES string of the molecule is COc1ccc(C(O)c2ccc(Cc3ccc(CN=O)[nH]3)s2)cc1.